The monoisotopic (exact) mass is 530 g/mol. The number of methoxy groups -OCH3 is 1. The summed E-state index contributed by atoms with van der Waals surface area (Å²) in [6.07, 6.45) is 1.47. The Kier molecular flexibility index (Phi) is 8.18. The van der Waals surface area contributed by atoms with E-state index >= 15 is 0 Å². The minimum atomic E-state index is -0.536. The van der Waals surface area contributed by atoms with E-state index in [0.717, 1.165) is 5.56 Å². The molecule has 0 bridgehead atoms. The summed E-state index contributed by atoms with van der Waals surface area (Å²) in [5.74, 6) is 0.406. The second-order valence-electron chi connectivity index (χ2n) is 6.58. The van der Waals surface area contributed by atoms with E-state index in [0.29, 0.717) is 37.3 Å². The fourth-order valence-corrected chi connectivity index (χ4v) is 3.71. The molecule has 0 aliphatic heterocycles. The molecule has 0 spiro atoms. The molecule has 0 atom stereocenters. The third kappa shape index (κ3) is 6.27. The summed E-state index contributed by atoms with van der Waals surface area (Å²) in [6, 6.07) is 19.3. The standard InChI is InChI=1S/C24H17BrCl2N2O3/c1-31-22-12-16(9-17(13-28)24(30)29-20-7-5-18(26)6-8-20)11-21(25)23(22)32-14-15-3-2-4-19(27)10-15/h2-12H,14H2,1H3,(H,29,30)/b17-9+. The van der Waals surface area contributed by atoms with Gasteiger partial charge in [0, 0.05) is 15.7 Å². The second-order valence-corrected chi connectivity index (χ2v) is 8.31. The largest absolute Gasteiger partial charge is 0.493 e. The SMILES string of the molecule is COc1cc(/C=C(\C#N)C(=O)Nc2ccc(Cl)cc2)cc(Br)c1OCc1cccc(Cl)c1. The summed E-state index contributed by atoms with van der Waals surface area (Å²) in [5, 5.41) is 13.3. The van der Waals surface area contributed by atoms with E-state index in [1.165, 1.54) is 13.2 Å². The molecule has 1 amide bonds. The zero-order valence-electron chi connectivity index (χ0n) is 16.9. The molecule has 5 nitrogen and oxygen atoms in total. The van der Waals surface area contributed by atoms with E-state index in [1.54, 1.807) is 42.5 Å². The van der Waals surface area contributed by atoms with Crippen LogP contribution in [0.2, 0.25) is 10.0 Å². The molecule has 162 valence electrons. The Morgan fingerprint density at radius 2 is 1.88 bits per heavy atom. The highest BCUT2D eigenvalue weighted by molar-refractivity contribution is 9.10. The first-order valence-corrected chi connectivity index (χ1v) is 10.9. The van der Waals surface area contributed by atoms with Gasteiger partial charge in [-0.25, -0.2) is 0 Å². The van der Waals surface area contributed by atoms with E-state index in [-0.39, 0.29) is 12.2 Å². The van der Waals surface area contributed by atoms with Gasteiger partial charge in [0.25, 0.3) is 5.91 Å². The van der Waals surface area contributed by atoms with Gasteiger partial charge in [-0.05, 0) is 81.7 Å². The zero-order valence-corrected chi connectivity index (χ0v) is 20.0. The molecule has 0 aliphatic carbocycles. The van der Waals surface area contributed by atoms with E-state index in [9.17, 15) is 10.1 Å². The summed E-state index contributed by atoms with van der Waals surface area (Å²) in [7, 11) is 1.51. The third-order valence-corrected chi connectivity index (χ3v) is 5.38. The van der Waals surface area contributed by atoms with Crippen molar-refractivity contribution in [3.63, 3.8) is 0 Å². The summed E-state index contributed by atoms with van der Waals surface area (Å²) in [6.45, 7) is 0.289. The number of ether oxygens (including phenoxy) is 2. The minimum Gasteiger partial charge on any atom is -0.493 e. The number of benzene rings is 3. The maximum absolute atomic E-state index is 12.5. The lowest BCUT2D eigenvalue weighted by Crippen LogP contribution is -2.13. The molecular formula is C24H17BrCl2N2O3. The molecule has 0 saturated carbocycles. The van der Waals surface area contributed by atoms with Gasteiger partial charge in [0.05, 0.1) is 11.6 Å². The Morgan fingerprint density at radius 1 is 1.12 bits per heavy atom. The Hall–Kier alpha value is -2.98. The lowest BCUT2D eigenvalue weighted by Gasteiger charge is -2.14. The van der Waals surface area contributed by atoms with Crippen molar-refractivity contribution in [2.45, 2.75) is 6.61 Å². The highest BCUT2D eigenvalue weighted by Gasteiger charge is 2.14. The number of rotatable bonds is 7. The smallest absolute Gasteiger partial charge is 0.266 e. The number of anilines is 1. The average molecular weight is 532 g/mol. The van der Waals surface area contributed by atoms with Crippen molar-refractivity contribution in [3.8, 4) is 17.6 Å². The molecule has 3 aromatic rings. The van der Waals surface area contributed by atoms with Crippen LogP contribution in [0.15, 0.2) is 70.7 Å². The van der Waals surface area contributed by atoms with Crippen LogP contribution in [0.5, 0.6) is 11.5 Å². The Bertz CT molecular complexity index is 1200. The number of hydrogen-bond donors (Lipinski definition) is 1. The van der Waals surface area contributed by atoms with Crippen molar-refractivity contribution in [3.05, 3.63) is 91.9 Å². The van der Waals surface area contributed by atoms with Crippen LogP contribution in [0.25, 0.3) is 6.08 Å². The predicted molar refractivity (Wildman–Crippen MR) is 130 cm³/mol. The quantitative estimate of drug-likeness (QED) is 0.266. The highest BCUT2D eigenvalue weighted by atomic mass is 79.9. The van der Waals surface area contributed by atoms with Gasteiger partial charge >= 0.3 is 0 Å². The predicted octanol–water partition coefficient (Wildman–Crippen LogP) is 6.89. The lowest BCUT2D eigenvalue weighted by molar-refractivity contribution is -0.112. The van der Waals surface area contributed by atoms with Gasteiger partial charge in [-0.2, -0.15) is 5.26 Å². The van der Waals surface area contributed by atoms with Gasteiger partial charge in [0.15, 0.2) is 11.5 Å². The molecule has 3 rings (SSSR count). The van der Waals surface area contributed by atoms with E-state index in [4.69, 9.17) is 32.7 Å². The zero-order chi connectivity index (χ0) is 23.1. The maximum atomic E-state index is 12.5. The van der Waals surface area contributed by atoms with Crippen molar-refractivity contribution in [1.82, 2.24) is 0 Å². The van der Waals surface area contributed by atoms with Gasteiger partial charge in [-0.1, -0.05) is 35.3 Å². The summed E-state index contributed by atoms with van der Waals surface area (Å²) < 4.78 is 12.0. The number of hydrogen-bond acceptors (Lipinski definition) is 4. The van der Waals surface area contributed by atoms with Gasteiger partial charge in [0.1, 0.15) is 18.2 Å². The third-order valence-electron chi connectivity index (χ3n) is 4.30. The molecule has 3 aromatic carbocycles. The van der Waals surface area contributed by atoms with Crippen molar-refractivity contribution in [1.29, 1.82) is 5.26 Å². The summed E-state index contributed by atoms with van der Waals surface area (Å²) in [4.78, 5) is 12.5. The van der Waals surface area contributed by atoms with Crippen molar-refractivity contribution < 1.29 is 14.3 Å². The number of carbonyl (C=O) groups is 1. The molecule has 0 aliphatic rings. The van der Waals surface area contributed by atoms with Crippen LogP contribution in [0.3, 0.4) is 0 Å². The molecule has 0 unspecified atom stereocenters. The Morgan fingerprint density at radius 3 is 2.53 bits per heavy atom. The number of nitrogens with zero attached hydrogens (tertiary/aromatic N) is 1. The van der Waals surface area contributed by atoms with Crippen LogP contribution < -0.4 is 14.8 Å². The van der Waals surface area contributed by atoms with E-state index in [1.807, 2.05) is 24.3 Å². The van der Waals surface area contributed by atoms with Gasteiger partial charge in [-0.3, -0.25) is 4.79 Å². The first kappa shape index (κ1) is 23.7. The number of nitriles is 1. The maximum Gasteiger partial charge on any atom is 0.266 e. The molecule has 8 heteroatoms. The normalized spacial score (nSPS) is 10.9. The van der Waals surface area contributed by atoms with Gasteiger partial charge in [0.2, 0.25) is 0 Å². The fraction of sp³-hybridized carbons (Fsp3) is 0.0833. The second kappa shape index (κ2) is 11.1. The minimum absolute atomic E-state index is 0.0681. The molecule has 32 heavy (non-hydrogen) atoms. The van der Waals surface area contributed by atoms with Crippen LogP contribution in [0, 0.1) is 11.3 Å². The van der Waals surface area contributed by atoms with Crippen molar-refractivity contribution in [2.24, 2.45) is 0 Å². The van der Waals surface area contributed by atoms with Crippen LogP contribution in [-0.2, 0) is 11.4 Å². The van der Waals surface area contributed by atoms with Crippen LogP contribution in [0.1, 0.15) is 11.1 Å². The lowest BCUT2D eigenvalue weighted by atomic mass is 10.1. The first-order chi connectivity index (χ1) is 15.4. The molecule has 0 radical (unpaired) electrons. The number of nitrogens with one attached hydrogen (secondary N) is 1. The summed E-state index contributed by atoms with van der Waals surface area (Å²) in [5.41, 5.74) is 1.96. The number of amides is 1. The highest BCUT2D eigenvalue weighted by Crippen LogP contribution is 2.38. The molecule has 0 fully saturated rings. The van der Waals surface area contributed by atoms with E-state index in [2.05, 4.69) is 21.2 Å². The average Bonchev–Trinajstić information content (AvgIpc) is 2.77. The number of carbonyl (C=O) groups excluding carboxylic acids is 1. The van der Waals surface area contributed by atoms with Gasteiger partial charge in [-0.15, -0.1) is 0 Å². The Balaban J connectivity index is 1.81. The number of halogens is 3. The van der Waals surface area contributed by atoms with Crippen molar-refractivity contribution >= 4 is 56.8 Å². The topological polar surface area (TPSA) is 71.3 Å². The van der Waals surface area contributed by atoms with Gasteiger partial charge < -0.3 is 14.8 Å². The van der Waals surface area contributed by atoms with Crippen LogP contribution >= 0.6 is 39.1 Å². The fourth-order valence-electron chi connectivity index (χ4n) is 2.79. The molecular weight excluding hydrogens is 515 g/mol. The molecule has 0 saturated heterocycles. The van der Waals surface area contributed by atoms with Crippen LogP contribution in [-0.4, -0.2) is 13.0 Å². The Labute approximate surface area is 204 Å². The first-order valence-electron chi connectivity index (χ1n) is 9.33. The summed E-state index contributed by atoms with van der Waals surface area (Å²) >= 11 is 15.4. The van der Waals surface area contributed by atoms with Crippen molar-refractivity contribution in [2.75, 3.05) is 12.4 Å². The van der Waals surface area contributed by atoms with E-state index < -0.39 is 5.91 Å². The van der Waals surface area contributed by atoms with Crippen LogP contribution in [0.4, 0.5) is 5.69 Å². The molecule has 0 aromatic heterocycles. The molecule has 1 N–H and O–H groups in total. The molecule has 0 heterocycles.